The maximum atomic E-state index is 5.97. The minimum absolute atomic E-state index is 0.134. The Morgan fingerprint density at radius 2 is 1.92 bits per heavy atom. The van der Waals surface area contributed by atoms with Gasteiger partial charge in [0.05, 0.1) is 0 Å². The van der Waals surface area contributed by atoms with Gasteiger partial charge in [-0.15, -0.1) is 0 Å². The van der Waals surface area contributed by atoms with Crippen molar-refractivity contribution in [3.05, 3.63) is 30.1 Å². The molecule has 0 fully saturated rings. The lowest BCUT2D eigenvalue weighted by molar-refractivity contribution is 0.590. The Bertz CT molecular complexity index is 223. The molecule has 0 aliphatic carbocycles. The number of pyridine rings is 1. The summed E-state index contributed by atoms with van der Waals surface area (Å²) in [6.07, 6.45) is 6.70. The normalized spacial score (nSPS) is 12.8. The van der Waals surface area contributed by atoms with Gasteiger partial charge in [-0.1, -0.05) is 6.42 Å². The molecule has 72 valence electrons. The largest absolute Gasteiger partial charge is 0.330 e. The zero-order chi connectivity index (χ0) is 9.52. The van der Waals surface area contributed by atoms with E-state index < -0.39 is 0 Å². The molecule has 0 saturated carbocycles. The molecule has 1 rings (SSSR count). The Morgan fingerprint density at radius 3 is 2.54 bits per heavy atom. The van der Waals surface area contributed by atoms with Gasteiger partial charge < -0.3 is 11.5 Å². The molecule has 1 heterocycles. The summed E-state index contributed by atoms with van der Waals surface area (Å²) < 4.78 is 0. The van der Waals surface area contributed by atoms with Gasteiger partial charge in [0, 0.05) is 18.4 Å². The summed E-state index contributed by atoms with van der Waals surface area (Å²) in [6, 6.07) is 4.06. The van der Waals surface area contributed by atoms with Crippen LogP contribution in [0.25, 0.3) is 0 Å². The average molecular weight is 179 g/mol. The van der Waals surface area contributed by atoms with E-state index in [2.05, 4.69) is 4.98 Å². The molecule has 0 amide bonds. The van der Waals surface area contributed by atoms with Crippen LogP contribution in [0.3, 0.4) is 0 Å². The van der Waals surface area contributed by atoms with Crippen molar-refractivity contribution in [2.45, 2.75) is 25.3 Å². The van der Waals surface area contributed by atoms with Crippen molar-refractivity contribution in [1.29, 1.82) is 0 Å². The van der Waals surface area contributed by atoms with Crippen molar-refractivity contribution in [2.75, 3.05) is 6.54 Å². The summed E-state index contributed by atoms with van der Waals surface area (Å²) in [5.74, 6) is 0. The highest BCUT2D eigenvalue weighted by atomic mass is 14.6. The lowest BCUT2D eigenvalue weighted by Crippen LogP contribution is -2.10. The fourth-order valence-corrected chi connectivity index (χ4v) is 1.29. The van der Waals surface area contributed by atoms with Gasteiger partial charge in [0.25, 0.3) is 0 Å². The molecule has 1 aromatic heterocycles. The van der Waals surface area contributed by atoms with Gasteiger partial charge in [0.2, 0.25) is 0 Å². The quantitative estimate of drug-likeness (QED) is 0.668. The number of hydrogen-bond donors (Lipinski definition) is 2. The molecule has 3 nitrogen and oxygen atoms in total. The third-order valence-electron chi connectivity index (χ3n) is 2.10. The fourth-order valence-electron chi connectivity index (χ4n) is 1.29. The van der Waals surface area contributed by atoms with E-state index in [1.165, 1.54) is 0 Å². The molecule has 0 spiro atoms. The Hall–Kier alpha value is -0.930. The molecule has 0 aliphatic heterocycles. The van der Waals surface area contributed by atoms with Crippen LogP contribution in [-0.2, 0) is 0 Å². The summed E-state index contributed by atoms with van der Waals surface area (Å²) in [6.45, 7) is 0.753. The molecular formula is C10H17N3. The zero-order valence-corrected chi connectivity index (χ0v) is 7.82. The van der Waals surface area contributed by atoms with Gasteiger partial charge in [0.1, 0.15) is 0 Å². The summed E-state index contributed by atoms with van der Waals surface area (Å²) in [5, 5.41) is 0. The van der Waals surface area contributed by atoms with Crippen LogP contribution in [0.5, 0.6) is 0 Å². The van der Waals surface area contributed by atoms with Gasteiger partial charge in [0.15, 0.2) is 0 Å². The summed E-state index contributed by atoms with van der Waals surface area (Å²) in [5.41, 5.74) is 12.5. The maximum Gasteiger partial charge on any atom is 0.0295 e. The molecule has 0 aromatic carbocycles. The first-order chi connectivity index (χ1) is 6.34. The third kappa shape index (κ3) is 3.53. The van der Waals surface area contributed by atoms with Gasteiger partial charge in [-0.2, -0.15) is 0 Å². The first-order valence-electron chi connectivity index (χ1n) is 4.70. The highest BCUT2D eigenvalue weighted by Crippen LogP contribution is 2.14. The van der Waals surface area contributed by atoms with Crippen molar-refractivity contribution in [3.8, 4) is 0 Å². The maximum absolute atomic E-state index is 5.97. The topological polar surface area (TPSA) is 64.9 Å². The van der Waals surface area contributed by atoms with Gasteiger partial charge in [-0.3, -0.25) is 4.98 Å². The minimum atomic E-state index is 0.134. The van der Waals surface area contributed by atoms with E-state index in [0.717, 1.165) is 31.4 Å². The summed E-state index contributed by atoms with van der Waals surface area (Å²) >= 11 is 0. The van der Waals surface area contributed by atoms with Crippen LogP contribution in [0, 0.1) is 0 Å². The number of hydrogen-bond acceptors (Lipinski definition) is 3. The van der Waals surface area contributed by atoms with Crippen molar-refractivity contribution in [3.63, 3.8) is 0 Å². The van der Waals surface area contributed by atoms with Gasteiger partial charge >= 0.3 is 0 Å². The molecule has 0 unspecified atom stereocenters. The molecule has 0 bridgehead atoms. The average Bonchev–Trinajstić information content (AvgIpc) is 2.19. The van der Waals surface area contributed by atoms with Crippen molar-refractivity contribution >= 4 is 0 Å². The zero-order valence-electron chi connectivity index (χ0n) is 7.82. The molecule has 1 aromatic rings. The first-order valence-corrected chi connectivity index (χ1v) is 4.70. The van der Waals surface area contributed by atoms with Crippen LogP contribution >= 0.6 is 0 Å². The lowest BCUT2D eigenvalue weighted by atomic mass is 10.0. The second-order valence-electron chi connectivity index (χ2n) is 3.17. The first kappa shape index (κ1) is 10.2. The Kier molecular flexibility index (Phi) is 4.43. The van der Waals surface area contributed by atoms with Crippen LogP contribution in [-0.4, -0.2) is 11.5 Å². The van der Waals surface area contributed by atoms with E-state index in [0.29, 0.717) is 0 Å². The predicted molar refractivity (Wildman–Crippen MR) is 54.1 cm³/mol. The van der Waals surface area contributed by atoms with Gasteiger partial charge in [-0.25, -0.2) is 0 Å². The second-order valence-corrected chi connectivity index (χ2v) is 3.17. The number of aromatic nitrogens is 1. The van der Waals surface area contributed by atoms with E-state index in [1.54, 1.807) is 12.4 Å². The lowest BCUT2D eigenvalue weighted by Gasteiger charge is -2.10. The van der Waals surface area contributed by atoms with Crippen LogP contribution in [0.15, 0.2) is 24.5 Å². The molecular weight excluding hydrogens is 162 g/mol. The predicted octanol–water partition coefficient (Wildman–Crippen LogP) is 1.21. The third-order valence-corrected chi connectivity index (χ3v) is 2.10. The minimum Gasteiger partial charge on any atom is -0.330 e. The smallest absolute Gasteiger partial charge is 0.0295 e. The number of nitrogens with zero attached hydrogens (tertiary/aromatic N) is 1. The van der Waals surface area contributed by atoms with E-state index in [1.807, 2.05) is 12.1 Å². The monoisotopic (exact) mass is 179 g/mol. The highest BCUT2D eigenvalue weighted by molar-refractivity contribution is 5.13. The number of unbranched alkanes of at least 4 members (excludes halogenated alkanes) is 1. The molecule has 4 N–H and O–H groups in total. The van der Waals surface area contributed by atoms with Crippen LogP contribution < -0.4 is 11.5 Å². The van der Waals surface area contributed by atoms with Crippen LogP contribution in [0.2, 0.25) is 0 Å². The Balaban J connectivity index is 2.35. The Morgan fingerprint density at radius 1 is 1.23 bits per heavy atom. The molecule has 0 saturated heterocycles. The Labute approximate surface area is 79.2 Å². The SMILES string of the molecule is NCCCC[C@@H](N)c1ccncc1. The summed E-state index contributed by atoms with van der Waals surface area (Å²) in [7, 11) is 0. The number of nitrogens with two attached hydrogens (primary N) is 2. The highest BCUT2D eigenvalue weighted by Gasteiger charge is 2.03. The fraction of sp³-hybridized carbons (Fsp3) is 0.500. The number of rotatable bonds is 5. The van der Waals surface area contributed by atoms with E-state index in [-0.39, 0.29) is 6.04 Å². The van der Waals surface area contributed by atoms with E-state index in [4.69, 9.17) is 11.5 Å². The standard InChI is InChI=1S/C10H17N3/c11-6-2-1-3-10(12)9-4-7-13-8-5-9/h4-5,7-8,10H,1-3,6,11-12H2/t10-/m1/s1. The molecule has 13 heavy (non-hydrogen) atoms. The molecule has 0 aliphatic rings. The van der Waals surface area contributed by atoms with Gasteiger partial charge in [-0.05, 0) is 37.1 Å². The van der Waals surface area contributed by atoms with E-state index in [9.17, 15) is 0 Å². The molecule has 0 radical (unpaired) electrons. The molecule has 3 heteroatoms. The van der Waals surface area contributed by atoms with E-state index >= 15 is 0 Å². The van der Waals surface area contributed by atoms with Crippen molar-refractivity contribution < 1.29 is 0 Å². The molecule has 1 atom stereocenters. The van der Waals surface area contributed by atoms with Crippen LogP contribution in [0.4, 0.5) is 0 Å². The van der Waals surface area contributed by atoms with Crippen LogP contribution in [0.1, 0.15) is 30.9 Å². The summed E-state index contributed by atoms with van der Waals surface area (Å²) in [4.78, 5) is 3.95. The second kappa shape index (κ2) is 5.67. The van der Waals surface area contributed by atoms with Crippen molar-refractivity contribution in [1.82, 2.24) is 4.98 Å². The van der Waals surface area contributed by atoms with Crippen molar-refractivity contribution in [2.24, 2.45) is 11.5 Å².